The number of aliphatic imine (C=N–C) groups is 1. The highest BCUT2D eigenvalue weighted by Gasteiger charge is 2.34. The molecule has 1 aromatic heterocycles. The average Bonchev–Trinajstić information content (AvgIpc) is 2.94. The Hall–Kier alpha value is -2.75. The van der Waals surface area contributed by atoms with Crippen LogP contribution in [0, 0.1) is 0 Å². The number of carbonyl (C=O) groups excluding carboxylic acids is 1. The Labute approximate surface area is 134 Å². The Bertz CT molecular complexity index is 783. The van der Waals surface area contributed by atoms with E-state index in [2.05, 4.69) is 15.3 Å². The first kappa shape index (κ1) is 17.6. The number of fused-ring (bicyclic) bond motifs is 1. The van der Waals surface area contributed by atoms with E-state index in [0.29, 0.717) is 0 Å². The smallest absolute Gasteiger partial charge is 0.417 e. The number of carbonyl (C=O) groups is 1. The zero-order valence-corrected chi connectivity index (χ0v) is 12.7. The maximum absolute atomic E-state index is 13.3. The molecule has 0 radical (unpaired) electrons. The quantitative estimate of drug-likeness (QED) is 0.493. The van der Waals surface area contributed by atoms with Crippen molar-refractivity contribution in [2.24, 2.45) is 16.5 Å². The molecular weight excluding hydrogens is 327 g/mol. The predicted molar refractivity (Wildman–Crippen MR) is 82.9 cm³/mol. The van der Waals surface area contributed by atoms with Gasteiger partial charge in [0.2, 0.25) is 0 Å². The number of aromatic amines is 1. The second-order valence-corrected chi connectivity index (χ2v) is 4.81. The van der Waals surface area contributed by atoms with Gasteiger partial charge < -0.3 is 21.2 Å². The molecule has 0 fully saturated rings. The SMILES string of the molecule is CN=C(N)NC(=O)c1cc2c(C(F)(F)F)cc(OCCN)cc2[nH]1. The van der Waals surface area contributed by atoms with E-state index in [1.54, 1.807) is 0 Å². The largest absolute Gasteiger partial charge is 0.492 e. The molecule has 1 aromatic carbocycles. The fraction of sp³-hybridized carbons (Fsp3) is 0.286. The Morgan fingerprint density at radius 2 is 2.08 bits per heavy atom. The Kier molecular flexibility index (Phi) is 4.98. The lowest BCUT2D eigenvalue weighted by Gasteiger charge is -2.11. The summed E-state index contributed by atoms with van der Waals surface area (Å²) < 4.78 is 44.9. The average molecular weight is 343 g/mol. The van der Waals surface area contributed by atoms with E-state index in [9.17, 15) is 18.0 Å². The fourth-order valence-corrected chi connectivity index (χ4v) is 2.07. The minimum Gasteiger partial charge on any atom is -0.492 e. The first-order valence-electron chi connectivity index (χ1n) is 6.86. The van der Waals surface area contributed by atoms with Crippen LogP contribution in [0.5, 0.6) is 5.75 Å². The monoisotopic (exact) mass is 343 g/mol. The van der Waals surface area contributed by atoms with Gasteiger partial charge in [-0.15, -0.1) is 0 Å². The maximum atomic E-state index is 13.3. The summed E-state index contributed by atoms with van der Waals surface area (Å²) in [7, 11) is 1.36. The minimum atomic E-state index is -4.61. The van der Waals surface area contributed by atoms with Crippen LogP contribution in [0.2, 0.25) is 0 Å². The first-order chi connectivity index (χ1) is 11.3. The molecule has 0 saturated carbocycles. The Morgan fingerprint density at radius 3 is 2.67 bits per heavy atom. The van der Waals surface area contributed by atoms with Gasteiger partial charge in [-0.2, -0.15) is 13.2 Å². The van der Waals surface area contributed by atoms with Crippen molar-refractivity contribution in [3.63, 3.8) is 0 Å². The summed E-state index contributed by atoms with van der Waals surface area (Å²) in [4.78, 5) is 18.1. The third-order valence-corrected chi connectivity index (χ3v) is 3.13. The van der Waals surface area contributed by atoms with Crippen LogP contribution >= 0.6 is 0 Å². The lowest BCUT2D eigenvalue weighted by atomic mass is 10.1. The van der Waals surface area contributed by atoms with Gasteiger partial charge in [-0.25, -0.2) is 0 Å². The highest BCUT2D eigenvalue weighted by molar-refractivity contribution is 6.06. The molecule has 0 aliphatic heterocycles. The molecule has 10 heteroatoms. The van der Waals surface area contributed by atoms with Crippen LogP contribution in [-0.2, 0) is 6.18 Å². The third kappa shape index (κ3) is 3.77. The van der Waals surface area contributed by atoms with Crippen LogP contribution in [0.3, 0.4) is 0 Å². The molecule has 0 aliphatic carbocycles. The summed E-state index contributed by atoms with van der Waals surface area (Å²) in [6.07, 6.45) is -4.61. The second kappa shape index (κ2) is 6.79. The number of nitrogens with two attached hydrogens (primary N) is 2. The number of benzene rings is 1. The van der Waals surface area contributed by atoms with E-state index in [-0.39, 0.29) is 41.5 Å². The van der Waals surface area contributed by atoms with Crippen molar-refractivity contribution in [3.8, 4) is 5.75 Å². The number of nitrogens with one attached hydrogen (secondary N) is 2. The van der Waals surface area contributed by atoms with Crippen molar-refractivity contribution in [3.05, 3.63) is 29.5 Å². The fourth-order valence-electron chi connectivity index (χ4n) is 2.07. The maximum Gasteiger partial charge on any atom is 0.417 e. The number of rotatable bonds is 4. The predicted octanol–water partition coefficient (Wildman–Crippen LogP) is 1.20. The van der Waals surface area contributed by atoms with E-state index >= 15 is 0 Å². The number of H-pyrrole nitrogens is 1. The Morgan fingerprint density at radius 1 is 1.38 bits per heavy atom. The van der Waals surface area contributed by atoms with Gasteiger partial charge in [-0.05, 0) is 12.1 Å². The Balaban J connectivity index is 2.51. The molecular formula is C14H16F3N5O2. The van der Waals surface area contributed by atoms with Crippen LogP contribution in [-0.4, -0.2) is 37.1 Å². The zero-order chi connectivity index (χ0) is 17.9. The summed E-state index contributed by atoms with van der Waals surface area (Å²) in [5, 5.41) is 2.09. The van der Waals surface area contributed by atoms with Crippen LogP contribution in [0.25, 0.3) is 10.9 Å². The highest BCUT2D eigenvalue weighted by Crippen LogP contribution is 2.38. The van der Waals surface area contributed by atoms with Crippen LogP contribution in [0.1, 0.15) is 16.1 Å². The molecule has 0 aliphatic rings. The normalized spacial score (nSPS) is 12.5. The highest BCUT2D eigenvalue weighted by atomic mass is 19.4. The van der Waals surface area contributed by atoms with Gasteiger partial charge in [0.15, 0.2) is 5.96 Å². The van der Waals surface area contributed by atoms with Crippen molar-refractivity contribution < 1.29 is 22.7 Å². The molecule has 0 atom stereocenters. The standard InChI is InChI=1S/C14H16F3N5O2/c1-20-13(19)22-12(23)11-6-8-9(14(15,16)17)4-7(24-3-2-18)5-10(8)21-11/h4-6,21H,2-3,18H2,1H3,(H3,19,20,22,23). The van der Waals surface area contributed by atoms with Gasteiger partial charge in [0.1, 0.15) is 18.1 Å². The van der Waals surface area contributed by atoms with Crippen LogP contribution < -0.4 is 21.5 Å². The van der Waals surface area contributed by atoms with E-state index in [1.807, 2.05) is 0 Å². The molecule has 0 spiro atoms. The van der Waals surface area contributed by atoms with E-state index < -0.39 is 17.6 Å². The second-order valence-electron chi connectivity index (χ2n) is 4.81. The van der Waals surface area contributed by atoms with Crippen molar-refractivity contribution in [2.45, 2.75) is 6.18 Å². The number of nitrogens with zero attached hydrogens (tertiary/aromatic N) is 1. The van der Waals surface area contributed by atoms with Crippen LogP contribution in [0.4, 0.5) is 13.2 Å². The lowest BCUT2D eigenvalue weighted by molar-refractivity contribution is -0.136. The van der Waals surface area contributed by atoms with Crippen molar-refractivity contribution in [1.29, 1.82) is 0 Å². The number of guanidine groups is 1. The van der Waals surface area contributed by atoms with Gasteiger partial charge in [-0.3, -0.25) is 15.1 Å². The first-order valence-corrected chi connectivity index (χ1v) is 6.86. The van der Waals surface area contributed by atoms with Gasteiger partial charge >= 0.3 is 6.18 Å². The number of aromatic nitrogens is 1. The number of hydrogen-bond donors (Lipinski definition) is 4. The topological polar surface area (TPSA) is 119 Å². The zero-order valence-electron chi connectivity index (χ0n) is 12.7. The third-order valence-electron chi connectivity index (χ3n) is 3.13. The number of alkyl halides is 3. The number of amides is 1. The van der Waals surface area contributed by atoms with Gasteiger partial charge in [0.05, 0.1) is 11.1 Å². The molecule has 130 valence electrons. The molecule has 6 N–H and O–H groups in total. The molecule has 1 amide bonds. The summed E-state index contributed by atoms with van der Waals surface area (Å²) in [5.41, 5.74) is 9.76. The summed E-state index contributed by atoms with van der Waals surface area (Å²) >= 11 is 0. The number of hydrogen-bond acceptors (Lipinski definition) is 4. The molecule has 7 nitrogen and oxygen atoms in total. The van der Waals surface area contributed by atoms with Crippen molar-refractivity contribution >= 4 is 22.8 Å². The van der Waals surface area contributed by atoms with Crippen molar-refractivity contribution in [1.82, 2.24) is 10.3 Å². The number of ether oxygens (including phenoxy) is 1. The molecule has 0 saturated heterocycles. The van der Waals surface area contributed by atoms with E-state index in [0.717, 1.165) is 12.1 Å². The molecule has 24 heavy (non-hydrogen) atoms. The number of halogens is 3. The summed E-state index contributed by atoms with van der Waals surface area (Å²) in [6, 6.07) is 3.34. The molecule has 1 heterocycles. The summed E-state index contributed by atoms with van der Waals surface area (Å²) in [5.74, 6) is -0.850. The van der Waals surface area contributed by atoms with Gasteiger partial charge in [0.25, 0.3) is 5.91 Å². The van der Waals surface area contributed by atoms with Gasteiger partial charge in [-0.1, -0.05) is 0 Å². The van der Waals surface area contributed by atoms with Crippen LogP contribution in [0.15, 0.2) is 23.2 Å². The molecule has 0 unspecified atom stereocenters. The molecule has 2 rings (SSSR count). The molecule has 2 aromatic rings. The molecule has 0 bridgehead atoms. The van der Waals surface area contributed by atoms with Crippen molar-refractivity contribution in [2.75, 3.05) is 20.2 Å². The lowest BCUT2D eigenvalue weighted by Crippen LogP contribution is -2.36. The minimum absolute atomic E-state index is 0.00344. The summed E-state index contributed by atoms with van der Waals surface area (Å²) in [6.45, 7) is 0.230. The van der Waals surface area contributed by atoms with E-state index in [1.165, 1.54) is 13.1 Å². The van der Waals surface area contributed by atoms with E-state index in [4.69, 9.17) is 16.2 Å². The van der Waals surface area contributed by atoms with Gasteiger partial charge in [0, 0.05) is 25.0 Å².